The van der Waals surface area contributed by atoms with Crippen molar-refractivity contribution in [2.45, 2.75) is 26.2 Å². The Morgan fingerprint density at radius 2 is 1.91 bits per heavy atom. The number of rotatable bonds is 5. The topological polar surface area (TPSA) is 62.3 Å². The van der Waals surface area contributed by atoms with Crippen LogP contribution in [0, 0.1) is 18.7 Å². The van der Waals surface area contributed by atoms with E-state index in [4.69, 9.17) is 11.6 Å². The SMILES string of the molecule is Cc1nc2ccc(Cl)cc2cc1C(=O)N1CCC(C(=O)NCCc2ccccc2F)CC1. The van der Waals surface area contributed by atoms with Gasteiger partial charge in [-0.25, -0.2) is 4.39 Å². The molecule has 166 valence electrons. The molecule has 5 nitrogen and oxygen atoms in total. The standard InChI is InChI=1S/C25H25ClFN3O2/c1-16-21(15-19-14-20(26)6-7-23(19)29-16)25(32)30-12-9-18(10-13-30)24(31)28-11-8-17-4-2-3-5-22(17)27/h2-7,14-15,18H,8-13H2,1H3,(H,28,31). The molecule has 2 amide bonds. The summed E-state index contributed by atoms with van der Waals surface area (Å²) in [5.41, 5.74) is 2.63. The molecule has 0 saturated carbocycles. The number of hydrogen-bond donors (Lipinski definition) is 1. The number of fused-ring (bicyclic) bond motifs is 1. The van der Waals surface area contributed by atoms with Crippen LogP contribution in [0.1, 0.15) is 34.5 Å². The fraction of sp³-hybridized carbons (Fsp3) is 0.320. The van der Waals surface area contributed by atoms with Crippen LogP contribution in [0.25, 0.3) is 10.9 Å². The maximum absolute atomic E-state index is 13.7. The van der Waals surface area contributed by atoms with E-state index in [-0.39, 0.29) is 23.5 Å². The lowest BCUT2D eigenvalue weighted by Crippen LogP contribution is -2.43. The number of nitrogens with one attached hydrogen (secondary N) is 1. The highest BCUT2D eigenvalue weighted by molar-refractivity contribution is 6.31. The van der Waals surface area contributed by atoms with Crippen LogP contribution in [-0.2, 0) is 11.2 Å². The molecule has 3 aromatic rings. The number of piperidine rings is 1. The third kappa shape index (κ3) is 4.91. The number of benzene rings is 2. The zero-order chi connectivity index (χ0) is 22.7. The average Bonchev–Trinajstić information content (AvgIpc) is 2.79. The second-order valence-corrected chi connectivity index (χ2v) is 8.59. The summed E-state index contributed by atoms with van der Waals surface area (Å²) in [4.78, 5) is 31.9. The number of carbonyl (C=O) groups is 2. The van der Waals surface area contributed by atoms with Gasteiger partial charge in [-0.3, -0.25) is 14.6 Å². The molecule has 0 unspecified atom stereocenters. The zero-order valence-corrected chi connectivity index (χ0v) is 18.7. The molecule has 1 aromatic heterocycles. The summed E-state index contributed by atoms with van der Waals surface area (Å²) in [7, 11) is 0. The van der Waals surface area contributed by atoms with Crippen molar-refractivity contribution in [3.05, 3.63) is 76.2 Å². The smallest absolute Gasteiger partial charge is 0.255 e. The molecule has 1 aliphatic rings. The van der Waals surface area contributed by atoms with E-state index in [1.807, 2.05) is 19.1 Å². The van der Waals surface area contributed by atoms with Crippen molar-refractivity contribution >= 4 is 34.3 Å². The van der Waals surface area contributed by atoms with Gasteiger partial charge in [0.05, 0.1) is 16.8 Å². The second kappa shape index (κ2) is 9.65. The highest BCUT2D eigenvalue weighted by Crippen LogP contribution is 2.24. The largest absolute Gasteiger partial charge is 0.356 e. The van der Waals surface area contributed by atoms with Crippen LogP contribution in [0.5, 0.6) is 0 Å². The number of aryl methyl sites for hydroxylation is 1. The normalized spacial score (nSPS) is 14.5. The molecular formula is C25H25ClFN3O2. The van der Waals surface area contributed by atoms with Crippen LogP contribution >= 0.6 is 11.6 Å². The van der Waals surface area contributed by atoms with E-state index < -0.39 is 0 Å². The highest BCUT2D eigenvalue weighted by Gasteiger charge is 2.28. The van der Waals surface area contributed by atoms with Gasteiger partial charge in [-0.1, -0.05) is 29.8 Å². The Kier molecular flexibility index (Phi) is 6.70. The third-order valence-corrected chi connectivity index (χ3v) is 6.24. The van der Waals surface area contributed by atoms with Crippen LogP contribution in [0.3, 0.4) is 0 Å². The van der Waals surface area contributed by atoms with Gasteiger partial charge >= 0.3 is 0 Å². The number of pyridine rings is 1. The van der Waals surface area contributed by atoms with Crippen molar-refractivity contribution < 1.29 is 14.0 Å². The first-order valence-corrected chi connectivity index (χ1v) is 11.2. The maximum atomic E-state index is 13.7. The minimum Gasteiger partial charge on any atom is -0.356 e. The number of halogens is 2. The molecule has 0 bridgehead atoms. The molecule has 7 heteroatoms. The first-order chi connectivity index (χ1) is 15.4. The van der Waals surface area contributed by atoms with Crippen molar-refractivity contribution in [3.8, 4) is 0 Å². The summed E-state index contributed by atoms with van der Waals surface area (Å²) in [6, 6.07) is 13.9. The van der Waals surface area contributed by atoms with E-state index >= 15 is 0 Å². The first kappa shape index (κ1) is 22.2. The minimum atomic E-state index is -0.255. The summed E-state index contributed by atoms with van der Waals surface area (Å²) in [5, 5.41) is 4.34. The Balaban J connectivity index is 1.32. The Morgan fingerprint density at radius 1 is 1.16 bits per heavy atom. The van der Waals surface area contributed by atoms with Gasteiger partial charge in [-0.05, 0) is 62.1 Å². The number of aromatic nitrogens is 1. The molecule has 2 aromatic carbocycles. The van der Waals surface area contributed by atoms with E-state index in [1.54, 1.807) is 35.2 Å². The van der Waals surface area contributed by atoms with Gasteiger partial charge in [0, 0.05) is 36.0 Å². The van der Waals surface area contributed by atoms with Crippen molar-refractivity contribution in [1.29, 1.82) is 0 Å². The van der Waals surface area contributed by atoms with Gasteiger partial charge in [0.15, 0.2) is 0 Å². The number of amides is 2. The monoisotopic (exact) mass is 453 g/mol. The molecule has 1 fully saturated rings. The summed E-state index contributed by atoms with van der Waals surface area (Å²) in [6.07, 6.45) is 1.65. The summed E-state index contributed by atoms with van der Waals surface area (Å²) >= 11 is 6.08. The van der Waals surface area contributed by atoms with Crippen molar-refractivity contribution in [2.24, 2.45) is 5.92 Å². The fourth-order valence-corrected chi connectivity index (χ4v) is 4.32. The number of hydrogen-bond acceptors (Lipinski definition) is 3. The molecular weight excluding hydrogens is 429 g/mol. The number of likely N-dealkylation sites (tertiary alicyclic amines) is 1. The Bertz CT molecular complexity index is 1160. The van der Waals surface area contributed by atoms with E-state index in [0.717, 1.165) is 10.9 Å². The second-order valence-electron chi connectivity index (χ2n) is 8.16. The molecule has 32 heavy (non-hydrogen) atoms. The van der Waals surface area contributed by atoms with Crippen LogP contribution in [0.4, 0.5) is 4.39 Å². The Labute approximate surface area is 191 Å². The fourth-order valence-electron chi connectivity index (χ4n) is 4.14. The van der Waals surface area contributed by atoms with Crippen LogP contribution < -0.4 is 5.32 Å². The third-order valence-electron chi connectivity index (χ3n) is 6.00. The zero-order valence-electron chi connectivity index (χ0n) is 17.9. The van der Waals surface area contributed by atoms with Crippen LogP contribution in [-0.4, -0.2) is 41.3 Å². The molecule has 1 N–H and O–H groups in total. The first-order valence-electron chi connectivity index (χ1n) is 10.8. The van der Waals surface area contributed by atoms with E-state index in [2.05, 4.69) is 10.3 Å². The summed E-state index contributed by atoms with van der Waals surface area (Å²) in [5.74, 6) is -0.509. The molecule has 0 radical (unpaired) electrons. The van der Waals surface area contributed by atoms with Gasteiger partial charge in [0.1, 0.15) is 5.82 Å². The summed E-state index contributed by atoms with van der Waals surface area (Å²) < 4.78 is 13.7. The molecule has 0 atom stereocenters. The average molecular weight is 454 g/mol. The van der Waals surface area contributed by atoms with E-state index in [9.17, 15) is 14.0 Å². The number of carbonyl (C=O) groups excluding carboxylic acids is 2. The molecule has 2 heterocycles. The minimum absolute atomic E-state index is 0.0355. The van der Waals surface area contributed by atoms with Gasteiger partial charge in [-0.15, -0.1) is 0 Å². The number of nitrogens with zero attached hydrogens (tertiary/aromatic N) is 2. The van der Waals surface area contributed by atoms with Gasteiger partial charge < -0.3 is 10.2 Å². The van der Waals surface area contributed by atoms with Gasteiger partial charge in [0.2, 0.25) is 5.91 Å². The lowest BCUT2D eigenvalue weighted by Gasteiger charge is -2.31. The Morgan fingerprint density at radius 3 is 2.66 bits per heavy atom. The Hall–Kier alpha value is -2.99. The van der Waals surface area contributed by atoms with Crippen molar-refractivity contribution in [2.75, 3.05) is 19.6 Å². The predicted molar refractivity (Wildman–Crippen MR) is 123 cm³/mol. The lowest BCUT2D eigenvalue weighted by molar-refractivity contribution is -0.126. The predicted octanol–water partition coefficient (Wildman–Crippen LogP) is 4.55. The van der Waals surface area contributed by atoms with E-state index in [0.29, 0.717) is 60.7 Å². The van der Waals surface area contributed by atoms with E-state index in [1.165, 1.54) is 6.07 Å². The van der Waals surface area contributed by atoms with Crippen molar-refractivity contribution in [3.63, 3.8) is 0 Å². The molecule has 1 saturated heterocycles. The maximum Gasteiger partial charge on any atom is 0.255 e. The van der Waals surface area contributed by atoms with Crippen LogP contribution in [0.15, 0.2) is 48.5 Å². The van der Waals surface area contributed by atoms with Gasteiger partial charge in [0.25, 0.3) is 5.91 Å². The lowest BCUT2D eigenvalue weighted by atomic mass is 9.95. The molecule has 1 aliphatic heterocycles. The quantitative estimate of drug-likeness (QED) is 0.616. The summed E-state index contributed by atoms with van der Waals surface area (Å²) in [6.45, 7) is 3.25. The molecule has 0 aliphatic carbocycles. The molecule has 0 spiro atoms. The van der Waals surface area contributed by atoms with Crippen molar-refractivity contribution in [1.82, 2.24) is 15.2 Å². The highest BCUT2D eigenvalue weighted by atomic mass is 35.5. The van der Waals surface area contributed by atoms with Gasteiger partial charge in [-0.2, -0.15) is 0 Å². The molecule has 4 rings (SSSR count). The van der Waals surface area contributed by atoms with Crippen LogP contribution in [0.2, 0.25) is 5.02 Å².